The third-order valence-corrected chi connectivity index (χ3v) is 4.99. The van der Waals surface area contributed by atoms with Crippen molar-refractivity contribution in [1.29, 1.82) is 0 Å². The highest BCUT2D eigenvalue weighted by Crippen LogP contribution is 2.14. The Bertz CT molecular complexity index is 938. The largest absolute Gasteiger partial charge is 0.349 e. The topological polar surface area (TPSA) is 67.2 Å². The zero-order valence-electron chi connectivity index (χ0n) is 16.8. The van der Waals surface area contributed by atoms with Crippen LogP contribution in [0.5, 0.6) is 0 Å². The van der Waals surface area contributed by atoms with E-state index in [9.17, 15) is 9.59 Å². The van der Waals surface area contributed by atoms with Gasteiger partial charge in [0.1, 0.15) is 0 Å². The fourth-order valence-corrected chi connectivity index (χ4v) is 3.28. The van der Waals surface area contributed by atoms with Crippen LogP contribution in [0.15, 0.2) is 73.1 Å². The number of nitrogens with one attached hydrogen (secondary N) is 1. The molecule has 0 saturated heterocycles. The highest BCUT2D eigenvalue weighted by molar-refractivity contribution is 5.94. The average molecular weight is 390 g/mol. The molecular weight excluding hydrogens is 364 g/mol. The molecule has 0 aliphatic heterocycles. The lowest BCUT2D eigenvalue weighted by Gasteiger charge is -2.29. The summed E-state index contributed by atoms with van der Waals surface area (Å²) in [5.74, 6) is 0.133. The molecule has 1 atom stereocenters. The Morgan fingerprint density at radius 1 is 1.07 bits per heavy atom. The van der Waals surface area contributed by atoms with Gasteiger partial charge in [-0.3, -0.25) is 9.59 Å². The molecule has 150 valence electrons. The summed E-state index contributed by atoms with van der Waals surface area (Å²) in [4.78, 5) is 31.1. The van der Waals surface area contributed by atoms with Gasteiger partial charge in [0, 0.05) is 44.6 Å². The predicted octanol–water partition coefficient (Wildman–Crippen LogP) is 2.92. The normalized spacial score (nSPS) is 11.7. The highest BCUT2D eigenvalue weighted by Gasteiger charge is 2.22. The minimum atomic E-state index is -0.215. The monoisotopic (exact) mass is 390 g/mol. The van der Waals surface area contributed by atoms with Gasteiger partial charge in [-0.2, -0.15) is 0 Å². The molecule has 0 aliphatic carbocycles. The van der Waals surface area contributed by atoms with Crippen molar-refractivity contribution in [3.05, 3.63) is 90.0 Å². The molecule has 0 radical (unpaired) electrons. The Morgan fingerprint density at radius 3 is 2.34 bits per heavy atom. The van der Waals surface area contributed by atoms with E-state index in [0.29, 0.717) is 30.8 Å². The molecule has 3 aromatic rings. The van der Waals surface area contributed by atoms with Gasteiger partial charge >= 0.3 is 0 Å². The van der Waals surface area contributed by atoms with Crippen LogP contribution in [0.4, 0.5) is 0 Å². The van der Waals surface area contributed by atoms with Crippen molar-refractivity contribution in [2.45, 2.75) is 18.9 Å². The Balaban J connectivity index is 1.68. The Hall–Kier alpha value is -3.41. The maximum absolute atomic E-state index is 12.9. The molecule has 1 heterocycles. The van der Waals surface area contributed by atoms with Crippen molar-refractivity contribution in [3.63, 3.8) is 0 Å². The van der Waals surface area contributed by atoms with E-state index in [-0.39, 0.29) is 17.9 Å². The number of nitrogens with zero attached hydrogens (tertiary/aromatic N) is 3. The van der Waals surface area contributed by atoms with Crippen LogP contribution in [0.25, 0.3) is 0 Å². The minimum absolute atomic E-state index is 0.0260. The van der Waals surface area contributed by atoms with E-state index in [1.165, 1.54) is 0 Å². The summed E-state index contributed by atoms with van der Waals surface area (Å²) in [6, 6.07) is 19.3. The second-order valence-corrected chi connectivity index (χ2v) is 7.03. The molecule has 6 heteroatoms. The van der Waals surface area contributed by atoms with E-state index >= 15 is 0 Å². The number of hydrogen-bond donors (Lipinski definition) is 1. The second-order valence-electron chi connectivity index (χ2n) is 7.03. The maximum atomic E-state index is 12.9. The van der Waals surface area contributed by atoms with Gasteiger partial charge in [-0.05, 0) is 30.5 Å². The van der Waals surface area contributed by atoms with Crippen LogP contribution >= 0.6 is 0 Å². The minimum Gasteiger partial charge on any atom is -0.349 e. The summed E-state index contributed by atoms with van der Waals surface area (Å²) in [5, 5.41) is 2.92. The van der Waals surface area contributed by atoms with Crippen molar-refractivity contribution in [1.82, 2.24) is 19.8 Å². The van der Waals surface area contributed by atoms with Crippen LogP contribution in [0.2, 0.25) is 0 Å². The zero-order valence-corrected chi connectivity index (χ0v) is 16.8. The predicted molar refractivity (Wildman–Crippen MR) is 113 cm³/mol. The number of carbonyl (C=O) groups excluding carboxylic acids is 2. The summed E-state index contributed by atoms with van der Waals surface area (Å²) in [6.07, 6.45) is 4.69. The number of imidazole rings is 1. The van der Waals surface area contributed by atoms with Crippen LogP contribution < -0.4 is 5.32 Å². The van der Waals surface area contributed by atoms with Gasteiger partial charge in [0.15, 0.2) is 5.82 Å². The van der Waals surface area contributed by atoms with E-state index in [1.54, 1.807) is 28.9 Å². The van der Waals surface area contributed by atoms with E-state index in [2.05, 4.69) is 22.4 Å². The van der Waals surface area contributed by atoms with Gasteiger partial charge in [0.05, 0.1) is 0 Å². The van der Waals surface area contributed by atoms with E-state index in [0.717, 1.165) is 5.56 Å². The van der Waals surface area contributed by atoms with Crippen molar-refractivity contribution < 1.29 is 9.59 Å². The van der Waals surface area contributed by atoms with Gasteiger partial charge in [-0.1, -0.05) is 48.5 Å². The number of amides is 2. The zero-order chi connectivity index (χ0) is 20.6. The molecule has 0 saturated carbocycles. The summed E-state index contributed by atoms with van der Waals surface area (Å²) >= 11 is 0. The number of likely N-dealkylation sites (N-methyl/N-ethyl adjacent to an activating group) is 1. The van der Waals surface area contributed by atoms with E-state index in [4.69, 9.17) is 0 Å². The highest BCUT2D eigenvalue weighted by atomic mass is 16.2. The molecule has 3 rings (SSSR count). The number of benzene rings is 2. The molecule has 0 aliphatic rings. The van der Waals surface area contributed by atoms with Crippen LogP contribution in [-0.2, 0) is 13.5 Å². The average Bonchev–Trinajstić information content (AvgIpc) is 3.19. The first-order valence-corrected chi connectivity index (χ1v) is 9.68. The first-order chi connectivity index (χ1) is 14.1. The molecule has 1 unspecified atom stereocenters. The quantitative estimate of drug-likeness (QED) is 0.643. The molecule has 1 N–H and O–H groups in total. The molecule has 6 nitrogen and oxygen atoms in total. The van der Waals surface area contributed by atoms with Crippen LogP contribution in [0.3, 0.4) is 0 Å². The van der Waals surface area contributed by atoms with Crippen molar-refractivity contribution in [2.75, 3.05) is 13.6 Å². The van der Waals surface area contributed by atoms with Gasteiger partial charge in [-0.25, -0.2) is 4.98 Å². The fourth-order valence-electron chi connectivity index (χ4n) is 3.28. The van der Waals surface area contributed by atoms with Gasteiger partial charge < -0.3 is 14.8 Å². The smallest absolute Gasteiger partial charge is 0.287 e. The summed E-state index contributed by atoms with van der Waals surface area (Å²) in [7, 11) is 3.61. The Labute approximate surface area is 171 Å². The summed E-state index contributed by atoms with van der Waals surface area (Å²) in [6.45, 7) is 0.454. The number of hydrogen-bond acceptors (Lipinski definition) is 3. The second kappa shape index (κ2) is 9.68. The Kier molecular flexibility index (Phi) is 6.79. The number of aryl methyl sites for hydroxylation is 1. The lowest BCUT2D eigenvalue weighted by atomic mass is 10.0. The molecule has 0 fully saturated rings. The van der Waals surface area contributed by atoms with Gasteiger partial charge in [0.2, 0.25) is 0 Å². The molecular formula is C23H26N4O2. The van der Waals surface area contributed by atoms with E-state index < -0.39 is 0 Å². The standard InChI is InChI=1S/C23H26N4O2/c1-26-16-15-24-21(26)22(28)25-14-13-20(17-18-9-5-3-6-10-18)27(2)23(29)19-11-7-4-8-12-19/h3-12,15-16,20H,13-14,17H2,1-2H3,(H,25,28). The number of carbonyl (C=O) groups is 2. The molecule has 29 heavy (non-hydrogen) atoms. The van der Waals surface area contributed by atoms with Crippen LogP contribution in [0, 0.1) is 0 Å². The first kappa shape index (κ1) is 20.3. The Morgan fingerprint density at radius 2 is 1.72 bits per heavy atom. The van der Waals surface area contributed by atoms with Crippen molar-refractivity contribution in [2.24, 2.45) is 7.05 Å². The third kappa shape index (κ3) is 5.31. The van der Waals surface area contributed by atoms with Gasteiger partial charge in [-0.15, -0.1) is 0 Å². The molecule has 2 aromatic carbocycles. The summed E-state index contributed by atoms with van der Waals surface area (Å²) in [5.41, 5.74) is 1.81. The molecule has 0 spiro atoms. The molecule has 2 amide bonds. The van der Waals surface area contributed by atoms with E-state index in [1.807, 2.05) is 55.6 Å². The number of aromatic nitrogens is 2. The molecule has 0 bridgehead atoms. The fraction of sp³-hybridized carbons (Fsp3) is 0.261. The van der Waals surface area contributed by atoms with Crippen molar-refractivity contribution >= 4 is 11.8 Å². The third-order valence-electron chi connectivity index (χ3n) is 4.99. The van der Waals surface area contributed by atoms with Crippen molar-refractivity contribution in [3.8, 4) is 0 Å². The lowest BCUT2D eigenvalue weighted by Crippen LogP contribution is -2.41. The van der Waals surface area contributed by atoms with Gasteiger partial charge in [0.25, 0.3) is 11.8 Å². The first-order valence-electron chi connectivity index (χ1n) is 9.68. The molecule has 1 aromatic heterocycles. The summed E-state index contributed by atoms with van der Waals surface area (Å²) < 4.78 is 1.68. The maximum Gasteiger partial charge on any atom is 0.287 e. The SMILES string of the molecule is CN(C(=O)c1ccccc1)C(CCNC(=O)c1nccn1C)Cc1ccccc1. The van der Waals surface area contributed by atoms with Crippen LogP contribution in [0.1, 0.15) is 33.0 Å². The van der Waals surface area contributed by atoms with Crippen LogP contribution in [-0.4, -0.2) is 45.9 Å². The lowest BCUT2D eigenvalue weighted by molar-refractivity contribution is 0.0722. The number of rotatable bonds is 8.